The molecule has 0 N–H and O–H groups in total. The Morgan fingerprint density at radius 2 is 1.95 bits per heavy atom. The number of carbonyl (C=O) groups excluding carboxylic acids is 1. The number of sulfonamides is 1. The van der Waals surface area contributed by atoms with Gasteiger partial charge in [0, 0.05) is 24.4 Å². The van der Waals surface area contributed by atoms with Crippen LogP contribution in [0.1, 0.15) is 65.7 Å². The molecule has 0 spiro atoms. The van der Waals surface area contributed by atoms with Gasteiger partial charge in [-0.15, -0.1) is 0 Å². The van der Waals surface area contributed by atoms with Crippen molar-refractivity contribution in [2.24, 2.45) is 16.7 Å². The SMILES string of the molecule is CC[C@H]1CCCCN1S(=O)(=O)C[C@]12CC[C@H](CC1=O)C2(C)C. The van der Waals surface area contributed by atoms with Crippen LogP contribution in [0.3, 0.4) is 0 Å². The summed E-state index contributed by atoms with van der Waals surface area (Å²) in [6.07, 6.45) is 6.23. The Kier molecular flexibility index (Phi) is 3.96. The summed E-state index contributed by atoms with van der Waals surface area (Å²) >= 11 is 0. The Bertz CT molecular complexity index is 568. The van der Waals surface area contributed by atoms with E-state index in [1.165, 1.54) is 0 Å². The van der Waals surface area contributed by atoms with Gasteiger partial charge in [-0.2, -0.15) is 4.31 Å². The molecule has 4 nitrogen and oxygen atoms in total. The van der Waals surface area contributed by atoms with Gasteiger partial charge in [-0.1, -0.05) is 27.2 Å². The van der Waals surface area contributed by atoms with Crippen LogP contribution in [-0.4, -0.2) is 36.8 Å². The molecule has 0 radical (unpaired) electrons. The minimum Gasteiger partial charge on any atom is -0.299 e. The first-order valence-electron chi connectivity index (χ1n) is 8.77. The topological polar surface area (TPSA) is 54.5 Å². The second-order valence-corrected chi connectivity index (χ2v) is 10.0. The van der Waals surface area contributed by atoms with E-state index >= 15 is 0 Å². The lowest BCUT2D eigenvalue weighted by molar-refractivity contribution is -0.128. The van der Waals surface area contributed by atoms with Crippen molar-refractivity contribution >= 4 is 15.8 Å². The fraction of sp³-hybridized carbons (Fsp3) is 0.941. The summed E-state index contributed by atoms with van der Waals surface area (Å²) in [6.45, 7) is 6.92. The number of piperidine rings is 1. The molecule has 2 saturated carbocycles. The van der Waals surface area contributed by atoms with Crippen LogP contribution in [0.5, 0.6) is 0 Å². The van der Waals surface area contributed by atoms with Crippen molar-refractivity contribution in [3.63, 3.8) is 0 Å². The highest BCUT2D eigenvalue weighted by molar-refractivity contribution is 7.89. The molecule has 1 aliphatic heterocycles. The maximum atomic E-state index is 13.1. The average Bonchev–Trinajstić information content (AvgIpc) is 2.81. The molecule has 0 amide bonds. The van der Waals surface area contributed by atoms with Crippen LogP contribution < -0.4 is 0 Å². The monoisotopic (exact) mass is 327 g/mol. The van der Waals surface area contributed by atoms with Gasteiger partial charge in [-0.3, -0.25) is 4.79 Å². The summed E-state index contributed by atoms with van der Waals surface area (Å²) in [5.41, 5.74) is -0.805. The number of rotatable bonds is 4. The van der Waals surface area contributed by atoms with Crippen molar-refractivity contribution in [2.75, 3.05) is 12.3 Å². The van der Waals surface area contributed by atoms with Crippen LogP contribution in [0, 0.1) is 16.7 Å². The number of hydrogen-bond acceptors (Lipinski definition) is 3. The minimum atomic E-state index is -3.36. The summed E-state index contributed by atoms with van der Waals surface area (Å²) in [5.74, 6) is 0.611. The maximum Gasteiger partial charge on any atom is 0.215 e. The molecule has 2 aliphatic carbocycles. The van der Waals surface area contributed by atoms with Crippen molar-refractivity contribution in [1.82, 2.24) is 4.31 Å². The molecule has 3 fully saturated rings. The summed E-state index contributed by atoms with van der Waals surface area (Å²) in [4.78, 5) is 12.6. The fourth-order valence-corrected chi connectivity index (χ4v) is 7.83. The standard InChI is InChI=1S/C17H29NO3S/c1-4-14-7-5-6-10-18(14)22(20,21)12-17-9-8-13(11-15(17)19)16(17,2)3/h13-14H,4-12H2,1-3H3/t13-,14+,17-/m1/s1. The molecule has 3 rings (SSSR count). The summed E-state index contributed by atoms with van der Waals surface area (Å²) in [7, 11) is -3.36. The highest BCUT2D eigenvalue weighted by Gasteiger charge is 2.65. The first kappa shape index (κ1) is 16.4. The van der Waals surface area contributed by atoms with Gasteiger partial charge in [0.15, 0.2) is 0 Å². The molecule has 3 atom stereocenters. The smallest absolute Gasteiger partial charge is 0.215 e. The van der Waals surface area contributed by atoms with E-state index in [9.17, 15) is 13.2 Å². The van der Waals surface area contributed by atoms with Crippen LogP contribution in [0.4, 0.5) is 0 Å². The third-order valence-corrected chi connectivity index (χ3v) is 9.02. The quantitative estimate of drug-likeness (QED) is 0.797. The lowest BCUT2D eigenvalue weighted by atomic mass is 9.70. The lowest BCUT2D eigenvalue weighted by Gasteiger charge is -2.40. The van der Waals surface area contributed by atoms with E-state index in [1.54, 1.807) is 4.31 Å². The van der Waals surface area contributed by atoms with Gasteiger partial charge < -0.3 is 0 Å². The van der Waals surface area contributed by atoms with Crippen molar-refractivity contribution in [1.29, 1.82) is 0 Å². The molecule has 0 unspecified atom stereocenters. The van der Waals surface area contributed by atoms with E-state index in [-0.39, 0.29) is 23.0 Å². The molecule has 5 heteroatoms. The van der Waals surface area contributed by atoms with Crippen LogP contribution in [0.2, 0.25) is 0 Å². The largest absolute Gasteiger partial charge is 0.299 e. The molecule has 3 aliphatic rings. The Labute approximate surface area is 134 Å². The number of hydrogen-bond donors (Lipinski definition) is 0. The highest BCUT2D eigenvalue weighted by Crippen LogP contribution is 2.64. The zero-order chi connectivity index (χ0) is 16.2. The molecule has 0 aromatic rings. The molecule has 0 aromatic heterocycles. The number of ketones is 1. The van der Waals surface area contributed by atoms with Gasteiger partial charge in [-0.25, -0.2) is 8.42 Å². The van der Waals surface area contributed by atoms with Crippen molar-refractivity contribution in [2.45, 2.75) is 71.8 Å². The van der Waals surface area contributed by atoms with Gasteiger partial charge in [0.25, 0.3) is 0 Å². The fourth-order valence-electron chi connectivity index (χ4n) is 5.25. The van der Waals surface area contributed by atoms with Gasteiger partial charge in [0.2, 0.25) is 10.0 Å². The molecule has 1 heterocycles. The van der Waals surface area contributed by atoms with Crippen molar-refractivity contribution in [3.8, 4) is 0 Å². The normalized spacial score (nSPS) is 38.6. The third-order valence-electron chi connectivity index (χ3n) is 6.97. The Hall–Kier alpha value is -0.420. The molecule has 0 aromatic carbocycles. The molecule has 22 heavy (non-hydrogen) atoms. The molecular formula is C17H29NO3S. The maximum absolute atomic E-state index is 13.1. The van der Waals surface area contributed by atoms with Crippen molar-refractivity contribution < 1.29 is 13.2 Å². The zero-order valence-electron chi connectivity index (χ0n) is 14.1. The first-order chi connectivity index (χ1) is 10.2. The van der Waals surface area contributed by atoms with E-state index in [0.717, 1.165) is 38.5 Å². The first-order valence-corrected chi connectivity index (χ1v) is 10.4. The molecule has 2 bridgehead atoms. The van der Waals surface area contributed by atoms with Gasteiger partial charge >= 0.3 is 0 Å². The van der Waals surface area contributed by atoms with Gasteiger partial charge in [0.1, 0.15) is 5.78 Å². The number of fused-ring (bicyclic) bond motifs is 2. The Morgan fingerprint density at radius 3 is 2.50 bits per heavy atom. The number of Topliss-reactive ketones (excluding diaryl/α,β-unsaturated/α-hetero) is 1. The second-order valence-electron chi connectivity index (χ2n) is 8.09. The molecule has 126 valence electrons. The highest BCUT2D eigenvalue weighted by atomic mass is 32.2. The predicted octanol–water partition coefficient (Wildman–Crippen LogP) is 2.98. The minimum absolute atomic E-state index is 0.0405. The summed E-state index contributed by atoms with van der Waals surface area (Å²) in [6, 6.07) is 0.131. The van der Waals surface area contributed by atoms with Crippen LogP contribution in [0.25, 0.3) is 0 Å². The zero-order valence-corrected chi connectivity index (χ0v) is 14.9. The Balaban J connectivity index is 1.89. The summed E-state index contributed by atoms with van der Waals surface area (Å²) < 4.78 is 27.9. The number of nitrogens with zero attached hydrogens (tertiary/aromatic N) is 1. The average molecular weight is 327 g/mol. The van der Waals surface area contributed by atoms with Crippen LogP contribution in [-0.2, 0) is 14.8 Å². The van der Waals surface area contributed by atoms with Crippen LogP contribution >= 0.6 is 0 Å². The van der Waals surface area contributed by atoms with E-state index in [2.05, 4.69) is 20.8 Å². The van der Waals surface area contributed by atoms with E-state index < -0.39 is 15.4 Å². The molecular weight excluding hydrogens is 298 g/mol. The van der Waals surface area contributed by atoms with E-state index in [0.29, 0.717) is 18.9 Å². The van der Waals surface area contributed by atoms with Gasteiger partial charge in [0.05, 0.1) is 5.75 Å². The number of carbonyl (C=O) groups is 1. The predicted molar refractivity (Wildman–Crippen MR) is 87.0 cm³/mol. The third kappa shape index (κ3) is 2.19. The Morgan fingerprint density at radius 1 is 1.23 bits per heavy atom. The summed E-state index contributed by atoms with van der Waals surface area (Å²) in [5, 5.41) is 0. The lowest BCUT2D eigenvalue weighted by Crippen LogP contribution is -2.50. The van der Waals surface area contributed by atoms with Crippen LogP contribution in [0.15, 0.2) is 0 Å². The second kappa shape index (κ2) is 5.30. The van der Waals surface area contributed by atoms with E-state index in [1.807, 2.05) is 0 Å². The molecule has 1 saturated heterocycles. The van der Waals surface area contributed by atoms with E-state index in [4.69, 9.17) is 0 Å². The van der Waals surface area contributed by atoms with Gasteiger partial charge in [-0.05, 0) is 43.4 Å². The van der Waals surface area contributed by atoms with Crippen molar-refractivity contribution in [3.05, 3.63) is 0 Å².